The summed E-state index contributed by atoms with van der Waals surface area (Å²) in [6.45, 7) is 7.88. The first-order valence-corrected chi connectivity index (χ1v) is 16.5. The van der Waals surface area contributed by atoms with Gasteiger partial charge in [-0.15, -0.1) is 0 Å². The fourth-order valence-electron chi connectivity index (χ4n) is 5.74. The second kappa shape index (κ2) is 14.9. The first-order chi connectivity index (χ1) is 24.1. The molecule has 13 nitrogen and oxygen atoms in total. The molecule has 2 aromatic heterocycles. The lowest BCUT2D eigenvalue weighted by Gasteiger charge is -2.28. The van der Waals surface area contributed by atoms with Crippen molar-refractivity contribution in [1.82, 2.24) is 29.5 Å². The molecule has 0 bridgehead atoms. The summed E-state index contributed by atoms with van der Waals surface area (Å²) in [7, 11) is 5.45. The number of imide groups is 1. The van der Waals surface area contributed by atoms with Crippen LogP contribution in [0.1, 0.15) is 70.8 Å². The molecule has 4 aromatic rings. The first-order valence-electron chi connectivity index (χ1n) is 16.5. The van der Waals surface area contributed by atoms with E-state index in [1.807, 2.05) is 56.9 Å². The molecule has 3 N–H and O–H groups in total. The zero-order valence-corrected chi connectivity index (χ0v) is 29.9. The quantitative estimate of drug-likeness (QED) is 0.210. The molecule has 0 radical (unpaired) electrons. The molecule has 0 atom stereocenters. The SMILES string of the molecule is CCN(C(=O)c1ccc(NC(=O)Cc2cccc(C#Cc3cnc(N)nc3-c3cc4c(n3C)CCN(C(=O)OC(C)(C)C)C4=O)c2)cc1)N(C)C. The second-order valence-corrected chi connectivity index (χ2v) is 13.2. The Hall–Kier alpha value is -6.00. The van der Waals surface area contributed by atoms with Crippen molar-refractivity contribution in [3.05, 3.63) is 94.3 Å². The molecule has 0 aliphatic carbocycles. The average molecular weight is 691 g/mol. The van der Waals surface area contributed by atoms with Crippen molar-refractivity contribution >= 4 is 35.5 Å². The van der Waals surface area contributed by atoms with Gasteiger partial charge in [0.2, 0.25) is 11.9 Å². The second-order valence-electron chi connectivity index (χ2n) is 13.2. The van der Waals surface area contributed by atoms with Crippen LogP contribution < -0.4 is 11.1 Å². The van der Waals surface area contributed by atoms with Crippen LogP contribution in [-0.2, 0) is 29.4 Å². The molecule has 4 amide bonds. The number of carbonyl (C=O) groups excluding carboxylic acids is 4. The number of hydrogen-bond acceptors (Lipinski definition) is 9. The Morgan fingerprint density at radius 2 is 1.78 bits per heavy atom. The number of hydrogen-bond donors (Lipinski definition) is 2. The number of fused-ring (bicyclic) bond motifs is 1. The van der Waals surface area contributed by atoms with Crippen LogP contribution in [0.2, 0.25) is 0 Å². The van der Waals surface area contributed by atoms with E-state index in [-0.39, 0.29) is 30.7 Å². The fourth-order valence-corrected chi connectivity index (χ4v) is 5.74. The summed E-state index contributed by atoms with van der Waals surface area (Å²) >= 11 is 0. The van der Waals surface area contributed by atoms with Gasteiger partial charge in [-0.25, -0.2) is 24.7 Å². The average Bonchev–Trinajstić information content (AvgIpc) is 3.40. The highest BCUT2D eigenvalue weighted by Gasteiger charge is 2.35. The molecule has 0 unspecified atom stereocenters. The normalized spacial score (nSPS) is 12.5. The summed E-state index contributed by atoms with van der Waals surface area (Å²) in [6, 6.07) is 15.8. The Labute approximate surface area is 297 Å². The van der Waals surface area contributed by atoms with Gasteiger partial charge in [-0.05, 0) is 75.7 Å². The van der Waals surface area contributed by atoms with Gasteiger partial charge in [-0.1, -0.05) is 24.0 Å². The third-order valence-electron chi connectivity index (χ3n) is 8.14. The molecule has 0 saturated carbocycles. The number of nitrogens with zero attached hydrogens (tertiary/aromatic N) is 6. The van der Waals surface area contributed by atoms with Gasteiger partial charge >= 0.3 is 6.09 Å². The first kappa shape index (κ1) is 36.3. The van der Waals surface area contributed by atoms with Crippen LogP contribution in [0.25, 0.3) is 11.4 Å². The molecule has 0 fully saturated rings. The summed E-state index contributed by atoms with van der Waals surface area (Å²) in [4.78, 5) is 61.5. The minimum absolute atomic E-state index is 0.0437. The maximum absolute atomic E-state index is 13.4. The van der Waals surface area contributed by atoms with E-state index in [0.717, 1.165) is 16.2 Å². The van der Waals surface area contributed by atoms with Crippen LogP contribution in [-0.4, -0.2) is 86.1 Å². The Bertz CT molecular complexity index is 2050. The number of benzene rings is 2. The highest BCUT2D eigenvalue weighted by molar-refractivity contribution is 6.05. The third kappa shape index (κ3) is 8.42. The number of carbonyl (C=O) groups is 4. The van der Waals surface area contributed by atoms with Crippen molar-refractivity contribution in [3.8, 4) is 23.2 Å². The van der Waals surface area contributed by atoms with Gasteiger partial charge in [-0.3, -0.25) is 19.4 Å². The molecular weight excluding hydrogens is 648 g/mol. The number of nitrogens with two attached hydrogens (primary N) is 1. The smallest absolute Gasteiger partial charge is 0.417 e. The minimum Gasteiger partial charge on any atom is -0.443 e. The van der Waals surface area contributed by atoms with Crippen LogP contribution in [0.15, 0.2) is 60.8 Å². The van der Waals surface area contributed by atoms with Gasteiger partial charge in [-0.2, -0.15) is 0 Å². The molecular formula is C38H42N8O5. The molecule has 0 saturated heterocycles. The number of rotatable bonds is 7. The van der Waals surface area contributed by atoms with Gasteiger partial charge in [0.1, 0.15) is 11.3 Å². The summed E-state index contributed by atoms with van der Waals surface area (Å²) in [5.74, 6) is 5.53. The molecule has 1 aliphatic rings. The fraction of sp³-hybridized carbons (Fsp3) is 0.316. The lowest BCUT2D eigenvalue weighted by molar-refractivity contribution is -0.115. The predicted octanol–water partition coefficient (Wildman–Crippen LogP) is 4.52. The maximum Gasteiger partial charge on any atom is 0.417 e. The number of amides is 4. The number of anilines is 2. The molecule has 1 aliphatic heterocycles. The Morgan fingerprint density at radius 1 is 1.06 bits per heavy atom. The van der Waals surface area contributed by atoms with Gasteiger partial charge in [0.05, 0.1) is 23.2 Å². The van der Waals surface area contributed by atoms with Gasteiger partial charge in [0, 0.05) is 69.4 Å². The van der Waals surface area contributed by atoms with Crippen LogP contribution in [0, 0.1) is 11.8 Å². The standard InChI is InChI=1S/C38H42N8O5/c1-8-46(43(5)6)34(48)26-14-16-28(17-15-26)41-32(47)21-25-11-9-10-24(20-25)12-13-27-23-40-36(39)42-33(27)31-22-29-30(44(31)7)18-19-45(35(29)49)37(50)51-38(2,3)4/h9-11,14-17,20,22-23H,8,18-19,21H2,1-7H3,(H,41,47)(H2,39,40,42). The summed E-state index contributed by atoms with van der Waals surface area (Å²) in [5.41, 5.74) is 10.4. The number of nitrogens with one attached hydrogen (secondary N) is 1. The van der Waals surface area contributed by atoms with E-state index < -0.39 is 17.6 Å². The van der Waals surface area contributed by atoms with E-state index in [2.05, 4.69) is 27.1 Å². The van der Waals surface area contributed by atoms with Crippen LogP contribution in [0.3, 0.4) is 0 Å². The van der Waals surface area contributed by atoms with E-state index in [1.165, 1.54) is 6.20 Å². The third-order valence-corrected chi connectivity index (χ3v) is 8.14. The van der Waals surface area contributed by atoms with Gasteiger partial charge in [0.15, 0.2) is 0 Å². The predicted molar refractivity (Wildman–Crippen MR) is 193 cm³/mol. The highest BCUT2D eigenvalue weighted by Crippen LogP contribution is 2.31. The van der Waals surface area contributed by atoms with Crippen LogP contribution in [0.5, 0.6) is 0 Å². The molecule has 13 heteroatoms. The van der Waals surface area contributed by atoms with E-state index >= 15 is 0 Å². The van der Waals surface area contributed by atoms with Crippen molar-refractivity contribution < 1.29 is 23.9 Å². The molecule has 51 heavy (non-hydrogen) atoms. The number of nitrogen functional groups attached to an aromatic ring is 1. The van der Waals surface area contributed by atoms with Crippen molar-refractivity contribution in [3.63, 3.8) is 0 Å². The molecule has 2 aromatic carbocycles. The number of hydrazine groups is 1. The zero-order chi connectivity index (χ0) is 37.0. The Morgan fingerprint density at radius 3 is 2.45 bits per heavy atom. The van der Waals surface area contributed by atoms with Gasteiger partial charge < -0.3 is 20.4 Å². The van der Waals surface area contributed by atoms with Crippen LogP contribution in [0.4, 0.5) is 16.4 Å². The van der Waals surface area contributed by atoms with Gasteiger partial charge in [0.25, 0.3) is 11.8 Å². The van der Waals surface area contributed by atoms with Crippen molar-refractivity contribution in [1.29, 1.82) is 0 Å². The largest absolute Gasteiger partial charge is 0.443 e. The Kier molecular flexibility index (Phi) is 10.6. The number of ether oxygens (including phenoxy) is 1. The lowest BCUT2D eigenvalue weighted by Crippen LogP contribution is -2.44. The van der Waals surface area contributed by atoms with E-state index in [9.17, 15) is 19.2 Å². The minimum atomic E-state index is -0.739. The molecule has 0 spiro atoms. The van der Waals surface area contributed by atoms with E-state index in [4.69, 9.17) is 10.5 Å². The summed E-state index contributed by atoms with van der Waals surface area (Å²) < 4.78 is 7.31. The highest BCUT2D eigenvalue weighted by atomic mass is 16.6. The van der Waals surface area contributed by atoms with Crippen molar-refractivity contribution in [2.24, 2.45) is 7.05 Å². The van der Waals surface area contributed by atoms with Crippen LogP contribution >= 0.6 is 0 Å². The molecule has 264 valence electrons. The topological polar surface area (TPSA) is 156 Å². The van der Waals surface area contributed by atoms with E-state index in [0.29, 0.717) is 52.3 Å². The molecule has 5 rings (SSSR count). The molecule has 3 heterocycles. The van der Waals surface area contributed by atoms with Crippen molar-refractivity contribution in [2.45, 2.75) is 46.1 Å². The lowest BCUT2D eigenvalue weighted by atomic mass is 10.1. The van der Waals surface area contributed by atoms with E-state index in [1.54, 1.807) is 61.1 Å². The summed E-state index contributed by atoms with van der Waals surface area (Å²) in [5, 5.41) is 6.24. The maximum atomic E-state index is 13.4. The monoisotopic (exact) mass is 690 g/mol. The summed E-state index contributed by atoms with van der Waals surface area (Å²) in [6.07, 6.45) is 1.40. The zero-order valence-electron chi connectivity index (χ0n) is 29.9. The Balaban J connectivity index is 1.32. The number of aromatic nitrogens is 3. The van der Waals surface area contributed by atoms with Crippen molar-refractivity contribution in [2.75, 3.05) is 38.2 Å².